The molecule has 0 aliphatic heterocycles. The molecule has 0 unspecified atom stereocenters. The second-order valence-corrected chi connectivity index (χ2v) is 8.39. The maximum Gasteiger partial charge on any atom is 0.265 e. The van der Waals surface area contributed by atoms with Crippen LogP contribution in [0.1, 0.15) is 40.5 Å². The van der Waals surface area contributed by atoms with Gasteiger partial charge in [0.15, 0.2) is 6.61 Å². The van der Waals surface area contributed by atoms with Gasteiger partial charge in [0.1, 0.15) is 5.84 Å². The molecule has 3 N–H and O–H groups in total. The van der Waals surface area contributed by atoms with E-state index in [4.69, 9.17) is 10.6 Å². The van der Waals surface area contributed by atoms with E-state index in [9.17, 15) is 13.2 Å². The SMILES string of the molecule is CCN(CC)S(=O)(=O)c1ccc(NC(=O)CO/N=C(\N)CCC(C)C)cc1. The van der Waals surface area contributed by atoms with Gasteiger partial charge in [-0.25, -0.2) is 8.42 Å². The van der Waals surface area contributed by atoms with E-state index in [1.165, 1.54) is 28.6 Å². The van der Waals surface area contributed by atoms with Gasteiger partial charge in [-0.1, -0.05) is 32.9 Å². The summed E-state index contributed by atoms with van der Waals surface area (Å²) in [5, 5.41) is 6.33. The van der Waals surface area contributed by atoms with Crippen LogP contribution in [0.25, 0.3) is 0 Å². The lowest BCUT2D eigenvalue weighted by Gasteiger charge is -2.18. The molecule has 0 aliphatic carbocycles. The normalized spacial score (nSPS) is 12.4. The summed E-state index contributed by atoms with van der Waals surface area (Å²) in [7, 11) is -3.52. The highest BCUT2D eigenvalue weighted by Gasteiger charge is 2.21. The molecule has 1 rings (SSSR count). The smallest absolute Gasteiger partial charge is 0.265 e. The molecule has 152 valence electrons. The van der Waals surface area contributed by atoms with Crippen LogP contribution < -0.4 is 11.1 Å². The molecule has 0 spiro atoms. The third kappa shape index (κ3) is 7.56. The van der Waals surface area contributed by atoms with Crippen LogP contribution >= 0.6 is 0 Å². The first-order chi connectivity index (χ1) is 12.7. The van der Waals surface area contributed by atoms with Crippen molar-refractivity contribution >= 4 is 27.5 Å². The van der Waals surface area contributed by atoms with E-state index in [0.29, 0.717) is 37.0 Å². The zero-order valence-corrected chi connectivity index (χ0v) is 17.3. The van der Waals surface area contributed by atoms with E-state index >= 15 is 0 Å². The number of oxime groups is 1. The van der Waals surface area contributed by atoms with Crippen molar-refractivity contribution in [3.63, 3.8) is 0 Å². The minimum absolute atomic E-state index is 0.183. The van der Waals surface area contributed by atoms with Crippen molar-refractivity contribution in [1.29, 1.82) is 0 Å². The Morgan fingerprint density at radius 2 is 1.81 bits per heavy atom. The predicted molar refractivity (Wildman–Crippen MR) is 107 cm³/mol. The number of amides is 1. The highest BCUT2D eigenvalue weighted by atomic mass is 32.2. The fourth-order valence-electron chi connectivity index (χ4n) is 2.28. The number of sulfonamides is 1. The van der Waals surface area contributed by atoms with E-state index in [2.05, 4.69) is 24.3 Å². The summed E-state index contributed by atoms with van der Waals surface area (Å²) in [6.07, 6.45) is 1.51. The Labute approximate surface area is 161 Å². The molecule has 0 aromatic heterocycles. The number of nitrogens with one attached hydrogen (secondary N) is 1. The van der Waals surface area contributed by atoms with Crippen molar-refractivity contribution in [3.05, 3.63) is 24.3 Å². The van der Waals surface area contributed by atoms with Crippen LogP contribution in [0.5, 0.6) is 0 Å². The lowest BCUT2D eigenvalue weighted by molar-refractivity contribution is -0.120. The Balaban J connectivity index is 2.58. The molecule has 0 bridgehead atoms. The molecular formula is C18H30N4O4S. The number of carbonyl (C=O) groups excluding carboxylic acids is 1. The van der Waals surface area contributed by atoms with Crippen LogP contribution in [0, 0.1) is 5.92 Å². The number of hydrogen-bond acceptors (Lipinski definition) is 5. The fraction of sp³-hybridized carbons (Fsp3) is 0.556. The van der Waals surface area contributed by atoms with E-state index < -0.39 is 15.9 Å². The number of hydrogen-bond donors (Lipinski definition) is 2. The first kappa shape index (κ1) is 22.9. The van der Waals surface area contributed by atoms with Gasteiger partial charge in [0, 0.05) is 25.2 Å². The van der Waals surface area contributed by atoms with Crippen molar-refractivity contribution < 1.29 is 18.0 Å². The lowest BCUT2D eigenvalue weighted by atomic mass is 10.1. The fourth-order valence-corrected chi connectivity index (χ4v) is 3.73. The Kier molecular flexibility index (Phi) is 9.23. The van der Waals surface area contributed by atoms with Crippen molar-refractivity contribution in [2.45, 2.75) is 45.4 Å². The zero-order chi connectivity index (χ0) is 20.4. The Morgan fingerprint density at radius 3 is 2.33 bits per heavy atom. The standard InChI is InChI=1S/C18H30N4O4S/c1-5-22(6-2)27(24,25)16-10-8-15(9-11-16)20-18(23)13-26-21-17(19)12-7-14(3)4/h8-11,14H,5-7,12-13H2,1-4H3,(H2,19,21)(H,20,23). The van der Waals surface area contributed by atoms with Gasteiger partial charge in [0.05, 0.1) is 4.90 Å². The zero-order valence-electron chi connectivity index (χ0n) is 16.4. The minimum Gasteiger partial charge on any atom is -0.384 e. The summed E-state index contributed by atoms with van der Waals surface area (Å²) >= 11 is 0. The number of nitrogens with zero attached hydrogens (tertiary/aromatic N) is 2. The third-order valence-corrected chi connectivity index (χ3v) is 5.90. The second-order valence-electron chi connectivity index (χ2n) is 6.45. The molecule has 0 atom stereocenters. The lowest BCUT2D eigenvalue weighted by Crippen LogP contribution is -2.30. The highest BCUT2D eigenvalue weighted by Crippen LogP contribution is 2.18. The van der Waals surface area contributed by atoms with Crippen LogP contribution in [-0.4, -0.2) is 44.2 Å². The molecule has 9 heteroatoms. The molecule has 0 saturated carbocycles. The first-order valence-corrected chi connectivity index (χ1v) is 10.5. The summed E-state index contributed by atoms with van der Waals surface area (Å²) in [6.45, 7) is 8.26. The predicted octanol–water partition coefficient (Wildman–Crippen LogP) is 2.38. The van der Waals surface area contributed by atoms with Gasteiger partial charge in [-0.2, -0.15) is 4.31 Å². The van der Waals surface area contributed by atoms with Crippen LogP contribution in [0.15, 0.2) is 34.3 Å². The molecule has 0 heterocycles. The topological polar surface area (TPSA) is 114 Å². The molecule has 1 aromatic rings. The summed E-state index contributed by atoms with van der Waals surface area (Å²) in [6, 6.07) is 6.00. The summed E-state index contributed by atoms with van der Waals surface area (Å²) in [4.78, 5) is 17.0. The molecule has 27 heavy (non-hydrogen) atoms. The summed E-state index contributed by atoms with van der Waals surface area (Å²) < 4.78 is 26.2. The first-order valence-electron chi connectivity index (χ1n) is 9.05. The Morgan fingerprint density at radius 1 is 1.22 bits per heavy atom. The van der Waals surface area contributed by atoms with Crippen molar-refractivity contribution in [2.24, 2.45) is 16.8 Å². The van der Waals surface area contributed by atoms with Gasteiger partial charge in [0.2, 0.25) is 10.0 Å². The van der Waals surface area contributed by atoms with Crippen molar-refractivity contribution in [1.82, 2.24) is 4.31 Å². The maximum atomic E-state index is 12.4. The average Bonchev–Trinajstić information content (AvgIpc) is 2.61. The molecule has 8 nitrogen and oxygen atoms in total. The van der Waals surface area contributed by atoms with Gasteiger partial charge in [-0.05, 0) is 36.6 Å². The van der Waals surface area contributed by atoms with E-state index in [-0.39, 0.29) is 11.5 Å². The third-order valence-electron chi connectivity index (χ3n) is 3.84. The number of nitrogens with two attached hydrogens (primary N) is 1. The Bertz CT molecular complexity index is 726. The average molecular weight is 399 g/mol. The van der Waals surface area contributed by atoms with Crippen molar-refractivity contribution in [2.75, 3.05) is 25.0 Å². The van der Waals surface area contributed by atoms with Crippen LogP contribution in [0.2, 0.25) is 0 Å². The van der Waals surface area contributed by atoms with E-state index in [1.807, 2.05) is 0 Å². The summed E-state index contributed by atoms with van der Waals surface area (Å²) in [5.41, 5.74) is 6.17. The quantitative estimate of drug-likeness (QED) is 0.337. The van der Waals surface area contributed by atoms with Crippen LogP contribution in [0.4, 0.5) is 5.69 Å². The number of amidine groups is 1. The number of rotatable bonds is 11. The van der Waals surface area contributed by atoms with Gasteiger partial charge >= 0.3 is 0 Å². The molecule has 1 aromatic carbocycles. The molecule has 0 saturated heterocycles. The van der Waals surface area contributed by atoms with Gasteiger partial charge < -0.3 is 15.9 Å². The molecule has 1 amide bonds. The van der Waals surface area contributed by atoms with Gasteiger partial charge in [-0.3, -0.25) is 4.79 Å². The van der Waals surface area contributed by atoms with Crippen molar-refractivity contribution in [3.8, 4) is 0 Å². The maximum absolute atomic E-state index is 12.4. The Hall–Kier alpha value is -2.13. The number of anilines is 1. The number of benzene rings is 1. The monoisotopic (exact) mass is 398 g/mol. The number of carbonyl (C=O) groups is 1. The molecule has 0 radical (unpaired) electrons. The molecule has 0 aliphatic rings. The van der Waals surface area contributed by atoms with Crippen LogP contribution in [-0.2, 0) is 19.7 Å². The van der Waals surface area contributed by atoms with Crippen LogP contribution in [0.3, 0.4) is 0 Å². The second kappa shape index (κ2) is 10.9. The molecular weight excluding hydrogens is 368 g/mol. The molecule has 0 fully saturated rings. The van der Waals surface area contributed by atoms with E-state index in [1.54, 1.807) is 13.8 Å². The largest absolute Gasteiger partial charge is 0.384 e. The van der Waals surface area contributed by atoms with Gasteiger partial charge in [0.25, 0.3) is 5.91 Å². The highest BCUT2D eigenvalue weighted by molar-refractivity contribution is 7.89. The van der Waals surface area contributed by atoms with E-state index in [0.717, 1.165) is 6.42 Å². The summed E-state index contributed by atoms with van der Waals surface area (Å²) in [5.74, 6) is 0.452. The van der Waals surface area contributed by atoms with Gasteiger partial charge in [-0.15, -0.1) is 0 Å². The minimum atomic E-state index is -3.52.